The molecule has 0 radical (unpaired) electrons. The number of carbonyl (C=O) groups is 1. The first-order chi connectivity index (χ1) is 16.0. The molecule has 0 aliphatic rings. The number of carbonyl (C=O) groups excluding carboxylic acids is 1. The topological polar surface area (TPSA) is 84.6 Å². The number of nitrogens with zero attached hydrogens (tertiary/aromatic N) is 2. The lowest BCUT2D eigenvalue weighted by atomic mass is 9.99. The van der Waals surface area contributed by atoms with E-state index in [1.807, 2.05) is 31.2 Å². The van der Waals surface area contributed by atoms with Crippen LogP contribution in [0.15, 0.2) is 72.8 Å². The van der Waals surface area contributed by atoms with Crippen LogP contribution in [0.4, 0.5) is 0 Å². The number of ether oxygens (including phenoxy) is 1. The fraction of sp³-hybridized carbons (Fsp3) is 0.0769. The van der Waals surface area contributed by atoms with Crippen LogP contribution in [0.3, 0.4) is 0 Å². The summed E-state index contributed by atoms with van der Waals surface area (Å²) in [4.78, 5) is 18.1. The summed E-state index contributed by atoms with van der Waals surface area (Å²) >= 11 is 1.37. The minimum atomic E-state index is -0.481. The molecule has 0 amide bonds. The Balaban J connectivity index is 1.80. The summed E-state index contributed by atoms with van der Waals surface area (Å²) in [7, 11) is 1.57. The molecule has 0 aliphatic heterocycles. The van der Waals surface area contributed by atoms with E-state index in [1.165, 1.54) is 15.9 Å². The van der Waals surface area contributed by atoms with Crippen molar-refractivity contribution in [2.75, 3.05) is 7.11 Å². The molecule has 0 unspecified atom stereocenters. The minimum Gasteiger partial charge on any atom is -0.503 e. The van der Waals surface area contributed by atoms with Crippen LogP contribution in [-0.2, 0) is 0 Å². The number of hydrogen-bond acceptors (Lipinski definition) is 6. The third-order valence-corrected chi connectivity index (χ3v) is 6.47. The van der Waals surface area contributed by atoms with E-state index in [-0.39, 0.29) is 5.56 Å². The maximum absolute atomic E-state index is 13.5. The Kier molecular flexibility index (Phi) is 5.11. The quantitative estimate of drug-likeness (QED) is 0.331. The van der Waals surface area contributed by atoms with Gasteiger partial charge in [0.15, 0.2) is 16.7 Å². The molecular formula is C26H20N2O4S. The van der Waals surface area contributed by atoms with Crippen molar-refractivity contribution in [3.8, 4) is 33.8 Å². The fourth-order valence-corrected chi connectivity index (χ4v) is 4.89. The average Bonchev–Trinajstić information content (AvgIpc) is 3.37. The van der Waals surface area contributed by atoms with E-state index in [0.29, 0.717) is 27.7 Å². The monoisotopic (exact) mass is 456 g/mol. The molecule has 33 heavy (non-hydrogen) atoms. The summed E-state index contributed by atoms with van der Waals surface area (Å²) in [6.45, 7) is 2.00. The van der Waals surface area contributed by atoms with Gasteiger partial charge in [-0.05, 0) is 54.4 Å². The Labute approximate surface area is 194 Å². The molecule has 5 rings (SSSR count). The Morgan fingerprint density at radius 2 is 1.73 bits per heavy atom. The number of aryl methyl sites for hydroxylation is 1. The maximum Gasteiger partial charge on any atom is 0.242 e. The summed E-state index contributed by atoms with van der Waals surface area (Å²) in [6, 6.07) is 21.6. The number of fused-ring (bicyclic) bond motifs is 1. The van der Waals surface area contributed by atoms with Crippen LogP contribution in [0.5, 0.6) is 17.4 Å². The number of methoxy groups -OCH3 is 1. The largest absolute Gasteiger partial charge is 0.503 e. The van der Waals surface area contributed by atoms with Gasteiger partial charge in [0.05, 0.1) is 28.6 Å². The average molecular weight is 457 g/mol. The number of thiazole rings is 1. The summed E-state index contributed by atoms with van der Waals surface area (Å²) in [5.41, 5.74) is 3.26. The molecule has 0 fully saturated rings. The van der Waals surface area contributed by atoms with Crippen molar-refractivity contribution in [1.82, 2.24) is 9.55 Å². The van der Waals surface area contributed by atoms with Crippen molar-refractivity contribution in [1.29, 1.82) is 0 Å². The summed E-state index contributed by atoms with van der Waals surface area (Å²) < 4.78 is 7.64. The third-order valence-electron chi connectivity index (χ3n) is 5.47. The second-order valence-electron chi connectivity index (χ2n) is 7.62. The standard InChI is InChI=1S/C26H20N2O4S/c1-15-8-13-19-20(14-15)33-26(27-19)28-22(16-9-11-18(32-2)12-10-16)21(24(30)25(28)31)23(29)17-6-4-3-5-7-17/h3-14,30-31H,1-2H3. The van der Waals surface area contributed by atoms with Crippen LogP contribution in [0.2, 0.25) is 0 Å². The van der Waals surface area contributed by atoms with E-state index in [1.54, 1.807) is 55.6 Å². The molecular weight excluding hydrogens is 436 g/mol. The van der Waals surface area contributed by atoms with E-state index in [2.05, 4.69) is 4.98 Å². The van der Waals surface area contributed by atoms with Gasteiger partial charge in [0, 0.05) is 5.56 Å². The van der Waals surface area contributed by atoms with Gasteiger partial charge in [0.1, 0.15) is 5.75 Å². The van der Waals surface area contributed by atoms with E-state index < -0.39 is 17.4 Å². The highest BCUT2D eigenvalue weighted by molar-refractivity contribution is 7.20. The Hall–Kier alpha value is -4.10. The molecule has 2 aromatic heterocycles. The normalized spacial score (nSPS) is 11.1. The second kappa shape index (κ2) is 8.11. The van der Waals surface area contributed by atoms with Crippen LogP contribution in [0, 0.1) is 6.92 Å². The van der Waals surface area contributed by atoms with E-state index in [0.717, 1.165) is 15.8 Å². The summed E-state index contributed by atoms with van der Waals surface area (Å²) in [5.74, 6) is -0.664. The lowest BCUT2D eigenvalue weighted by Crippen LogP contribution is -2.04. The molecule has 164 valence electrons. The number of hydrogen-bond donors (Lipinski definition) is 2. The Morgan fingerprint density at radius 3 is 2.42 bits per heavy atom. The van der Waals surface area contributed by atoms with Crippen LogP contribution < -0.4 is 4.74 Å². The lowest BCUT2D eigenvalue weighted by Gasteiger charge is -2.10. The predicted octanol–water partition coefficient (Wildman–Crippen LogP) is 5.71. The summed E-state index contributed by atoms with van der Waals surface area (Å²) in [6.07, 6.45) is 0. The van der Waals surface area contributed by atoms with Gasteiger partial charge in [-0.15, -0.1) is 0 Å². The van der Waals surface area contributed by atoms with Gasteiger partial charge in [-0.25, -0.2) is 4.98 Å². The van der Waals surface area contributed by atoms with Gasteiger partial charge < -0.3 is 14.9 Å². The molecule has 0 saturated carbocycles. The van der Waals surface area contributed by atoms with Crippen LogP contribution >= 0.6 is 11.3 Å². The second-order valence-corrected chi connectivity index (χ2v) is 8.63. The molecule has 7 heteroatoms. The Morgan fingerprint density at radius 1 is 1.00 bits per heavy atom. The highest BCUT2D eigenvalue weighted by Crippen LogP contribution is 2.45. The highest BCUT2D eigenvalue weighted by Gasteiger charge is 2.31. The molecule has 0 atom stereocenters. The smallest absolute Gasteiger partial charge is 0.242 e. The first-order valence-electron chi connectivity index (χ1n) is 10.3. The van der Waals surface area contributed by atoms with Crippen LogP contribution in [0.25, 0.3) is 26.6 Å². The van der Waals surface area contributed by atoms with Crippen molar-refractivity contribution in [3.05, 3.63) is 89.5 Å². The zero-order chi connectivity index (χ0) is 23.1. The van der Waals surface area contributed by atoms with Crippen molar-refractivity contribution in [2.45, 2.75) is 6.92 Å². The third kappa shape index (κ3) is 3.52. The minimum absolute atomic E-state index is 0.0132. The maximum atomic E-state index is 13.5. The molecule has 5 aromatic rings. The van der Waals surface area contributed by atoms with Gasteiger partial charge in [-0.1, -0.05) is 47.7 Å². The molecule has 2 heterocycles. The molecule has 2 N–H and O–H groups in total. The van der Waals surface area contributed by atoms with E-state index in [9.17, 15) is 15.0 Å². The summed E-state index contributed by atoms with van der Waals surface area (Å²) in [5, 5.41) is 22.4. The van der Waals surface area contributed by atoms with Gasteiger partial charge in [-0.3, -0.25) is 9.36 Å². The van der Waals surface area contributed by atoms with Crippen molar-refractivity contribution < 1.29 is 19.7 Å². The predicted molar refractivity (Wildman–Crippen MR) is 129 cm³/mol. The van der Waals surface area contributed by atoms with Gasteiger partial charge >= 0.3 is 0 Å². The molecule has 3 aromatic carbocycles. The lowest BCUT2D eigenvalue weighted by molar-refractivity contribution is 0.103. The first-order valence-corrected chi connectivity index (χ1v) is 11.1. The molecule has 0 bridgehead atoms. The molecule has 6 nitrogen and oxygen atoms in total. The number of ketones is 1. The number of benzene rings is 3. The van der Waals surface area contributed by atoms with Crippen LogP contribution in [0.1, 0.15) is 21.5 Å². The molecule has 0 aliphatic carbocycles. The molecule has 0 saturated heterocycles. The number of rotatable bonds is 5. The van der Waals surface area contributed by atoms with E-state index in [4.69, 9.17) is 4.74 Å². The Bertz CT molecular complexity index is 1480. The number of aromatic nitrogens is 2. The fourth-order valence-electron chi connectivity index (χ4n) is 3.82. The first kappa shape index (κ1) is 20.8. The van der Waals surface area contributed by atoms with Crippen molar-refractivity contribution >= 4 is 27.3 Å². The zero-order valence-electron chi connectivity index (χ0n) is 17.9. The van der Waals surface area contributed by atoms with Crippen molar-refractivity contribution in [2.24, 2.45) is 0 Å². The highest BCUT2D eigenvalue weighted by atomic mass is 32.1. The van der Waals surface area contributed by atoms with Gasteiger partial charge in [0.2, 0.25) is 5.88 Å². The molecule has 0 spiro atoms. The zero-order valence-corrected chi connectivity index (χ0v) is 18.8. The van der Waals surface area contributed by atoms with Gasteiger partial charge in [-0.2, -0.15) is 0 Å². The number of aromatic hydroxyl groups is 2. The SMILES string of the molecule is COc1ccc(-c2c(C(=O)c3ccccc3)c(O)c(O)n2-c2nc3ccc(C)cc3s2)cc1. The van der Waals surface area contributed by atoms with Gasteiger partial charge in [0.25, 0.3) is 0 Å². The van der Waals surface area contributed by atoms with Crippen LogP contribution in [-0.4, -0.2) is 32.7 Å². The van der Waals surface area contributed by atoms with Crippen molar-refractivity contribution in [3.63, 3.8) is 0 Å². The van der Waals surface area contributed by atoms with E-state index >= 15 is 0 Å².